The first-order valence-electron chi connectivity index (χ1n) is 3.37. The standard InChI is InChI=1S/C7H11NOS/c8-7(10)4-6-2-1-3-9-5-6/h5H,1-4H2,(H2,8,10). The van der Waals surface area contributed by atoms with E-state index in [9.17, 15) is 0 Å². The predicted octanol–water partition coefficient (Wildman–Crippen LogP) is 1.36. The lowest BCUT2D eigenvalue weighted by Gasteiger charge is -2.12. The molecule has 0 radical (unpaired) electrons. The normalized spacial score (nSPS) is 17.4. The second-order valence-corrected chi connectivity index (χ2v) is 2.92. The zero-order valence-electron chi connectivity index (χ0n) is 5.80. The second-order valence-electron chi connectivity index (χ2n) is 2.39. The lowest BCUT2D eigenvalue weighted by molar-refractivity contribution is 0.224. The molecule has 3 heteroatoms. The van der Waals surface area contributed by atoms with E-state index in [2.05, 4.69) is 0 Å². The van der Waals surface area contributed by atoms with Gasteiger partial charge in [0.05, 0.1) is 17.9 Å². The summed E-state index contributed by atoms with van der Waals surface area (Å²) < 4.78 is 5.11. The summed E-state index contributed by atoms with van der Waals surface area (Å²) in [7, 11) is 0. The first-order valence-corrected chi connectivity index (χ1v) is 3.77. The molecule has 0 bridgehead atoms. The van der Waals surface area contributed by atoms with E-state index >= 15 is 0 Å². The van der Waals surface area contributed by atoms with Crippen LogP contribution in [-0.2, 0) is 4.74 Å². The van der Waals surface area contributed by atoms with Gasteiger partial charge in [0.15, 0.2) is 0 Å². The summed E-state index contributed by atoms with van der Waals surface area (Å²) in [4.78, 5) is 0.553. The lowest BCUT2D eigenvalue weighted by Crippen LogP contribution is -2.10. The van der Waals surface area contributed by atoms with E-state index in [-0.39, 0.29) is 0 Å². The fourth-order valence-electron chi connectivity index (χ4n) is 0.972. The van der Waals surface area contributed by atoms with Crippen molar-refractivity contribution in [3.05, 3.63) is 11.8 Å². The largest absolute Gasteiger partial charge is 0.501 e. The van der Waals surface area contributed by atoms with Crippen molar-refractivity contribution >= 4 is 17.2 Å². The van der Waals surface area contributed by atoms with E-state index in [1.807, 2.05) is 0 Å². The van der Waals surface area contributed by atoms with Gasteiger partial charge in [0.25, 0.3) is 0 Å². The third-order valence-electron chi connectivity index (χ3n) is 1.41. The molecule has 2 nitrogen and oxygen atoms in total. The summed E-state index contributed by atoms with van der Waals surface area (Å²) >= 11 is 4.76. The van der Waals surface area contributed by atoms with Crippen molar-refractivity contribution in [1.82, 2.24) is 0 Å². The van der Waals surface area contributed by atoms with Gasteiger partial charge in [-0.3, -0.25) is 0 Å². The first kappa shape index (κ1) is 7.54. The average molecular weight is 157 g/mol. The molecule has 0 atom stereocenters. The highest BCUT2D eigenvalue weighted by molar-refractivity contribution is 7.80. The number of thiocarbonyl (C=S) groups is 1. The van der Waals surface area contributed by atoms with Crippen LogP contribution >= 0.6 is 12.2 Å². The van der Waals surface area contributed by atoms with Crippen molar-refractivity contribution in [2.75, 3.05) is 6.61 Å². The summed E-state index contributed by atoms with van der Waals surface area (Å²) in [6.45, 7) is 0.834. The number of ether oxygens (including phenoxy) is 1. The molecule has 0 spiro atoms. The molecule has 1 aliphatic heterocycles. The van der Waals surface area contributed by atoms with Crippen molar-refractivity contribution in [3.8, 4) is 0 Å². The molecule has 0 aliphatic carbocycles. The van der Waals surface area contributed by atoms with E-state index in [0.29, 0.717) is 4.99 Å². The average Bonchev–Trinajstić information content (AvgIpc) is 1.88. The molecule has 56 valence electrons. The maximum Gasteiger partial charge on any atom is 0.0876 e. The van der Waals surface area contributed by atoms with Gasteiger partial charge in [0.2, 0.25) is 0 Å². The van der Waals surface area contributed by atoms with Crippen molar-refractivity contribution < 1.29 is 4.74 Å². The molecule has 0 aromatic heterocycles. The summed E-state index contributed by atoms with van der Waals surface area (Å²) in [6, 6.07) is 0. The number of nitrogens with two attached hydrogens (primary N) is 1. The number of hydrogen-bond donors (Lipinski definition) is 1. The van der Waals surface area contributed by atoms with Crippen LogP contribution in [0, 0.1) is 0 Å². The van der Waals surface area contributed by atoms with Crippen LogP contribution in [0.25, 0.3) is 0 Å². The molecule has 0 saturated heterocycles. The van der Waals surface area contributed by atoms with Crippen LogP contribution in [-0.4, -0.2) is 11.6 Å². The van der Waals surface area contributed by atoms with Crippen molar-refractivity contribution in [2.24, 2.45) is 5.73 Å². The van der Waals surface area contributed by atoms with Gasteiger partial charge < -0.3 is 10.5 Å². The zero-order chi connectivity index (χ0) is 7.40. The topological polar surface area (TPSA) is 35.2 Å². The van der Waals surface area contributed by atoms with Crippen molar-refractivity contribution in [3.63, 3.8) is 0 Å². The van der Waals surface area contributed by atoms with E-state index in [4.69, 9.17) is 22.7 Å². The Morgan fingerprint density at radius 1 is 1.80 bits per heavy atom. The molecule has 0 unspecified atom stereocenters. The Bertz CT molecular complexity index is 165. The minimum Gasteiger partial charge on any atom is -0.501 e. The van der Waals surface area contributed by atoms with Gasteiger partial charge in [-0.15, -0.1) is 0 Å². The van der Waals surface area contributed by atoms with Gasteiger partial charge in [0, 0.05) is 6.42 Å². The Labute approximate surface area is 66.0 Å². The first-order chi connectivity index (χ1) is 4.79. The SMILES string of the molecule is NC(=S)CC1=COCCC1. The Balaban J connectivity index is 2.38. The third kappa shape index (κ3) is 2.35. The maximum atomic E-state index is 5.36. The van der Waals surface area contributed by atoms with Crippen molar-refractivity contribution in [2.45, 2.75) is 19.3 Å². The van der Waals surface area contributed by atoms with Crippen LogP contribution in [0.2, 0.25) is 0 Å². The van der Waals surface area contributed by atoms with E-state index in [1.165, 1.54) is 5.57 Å². The molecule has 0 aromatic rings. The molecule has 0 amide bonds. The Hall–Kier alpha value is -0.570. The smallest absolute Gasteiger partial charge is 0.0876 e. The van der Waals surface area contributed by atoms with Crippen LogP contribution in [0.3, 0.4) is 0 Å². The molecule has 1 aliphatic rings. The second kappa shape index (κ2) is 3.56. The minimum atomic E-state index is 0.553. The molecule has 10 heavy (non-hydrogen) atoms. The summed E-state index contributed by atoms with van der Waals surface area (Å²) in [5.74, 6) is 0. The summed E-state index contributed by atoms with van der Waals surface area (Å²) in [6.07, 6.45) is 4.67. The highest BCUT2D eigenvalue weighted by Crippen LogP contribution is 2.14. The van der Waals surface area contributed by atoms with Gasteiger partial charge in [-0.25, -0.2) is 0 Å². The van der Waals surface area contributed by atoms with Gasteiger partial charge in [0.1, 0.15) is 0 Å². The lowest BCUT2D eigenvalue weighted by atomic mass is 10.1. The Morgan fingerprint density at radius 3 is 3.10 bits per heavy atom. The third-order valence-corrected chi connectivity index (χ3v) is 1.56. The molecule has 0 saturated carbocycles. The number of rotatable bonds is 2. The Kier molecular flexibility index (Phi) is 2.68. The van der Waals surface area contributed by atoms with E-state index in [0.717, 1.165) is 25.9 Å². The molecule has 1 rings (SSSR count). The fourth-order valence-corrected chi connectivity index (χ4v) is 1.16. The highest BCUT2D eigenvalue weighted by Gasteiger charge is 2.04. The molecule has 1 heterocycles. The van der Waals surface area contributed by atoms with Gasteiger partial charge in [-0.05, 0) is 18.4 Å². The van der Waals surface area contributed by atoms with Gasteiger partial charge in [-0.1, -0.05) is 12.2 Å². The van der Waals surface area contributed by atoms with Gasteiger partial charge in [-0.2, -0.15) is 0 Å². The van der Waals surface area contributed by atoms with Crippen LogP contribution in [0.4, 0.5) is 0 Å². The summed E-state index contributed by atoms with van der Waals surface area (Å²) in [5, 5.41) is 0. The van der Waals surface area contributed by atoms with Gasteiger partial charge >= 0.3 is 0 Å². The van der Waals surface area contributed by atoms with Crippen LogP contribution < -0.4 is 5.73 Å². The molecule has 0 fully saturated rings. The van der Waals surface area contributed by atoms with Crippen LogP contribution in [0.5, 0.6) is 0 Å². The highest BCUT2D eigenvalue weighted by atomic mass is 32.1. The molecule has 2 N–H and O–H groups in total. The monoisotopic (exact) mass is 157 g/mol. The van der Waals surface area contributed by atoms with Crippen LogP contribution in [0.15, 0.2) is 11.8 Å². The summed E-state index contributed by atoms with van der Waals surface area (Å²) in [5.41, 5.74) is 6.58. The number of hydrogen-bond acceptors (Lipinski definition) is 2. The quantitative estimate of drug-likeness (QED) is 0.615. The predicted molar refractivity (Wildman–Crippen MR) is 44.7 cm³/mol. The Morgan fingerprint density at radius 2 is 2.60 bits per heavy atom. The van der Waals surface area contributed by atoms with Crippen LogP contribution in [0.1, 0.15) is 19.3 Å². The molecular formula is C7H11NOS. The maximum absolute atomic E-state index is 5.36. The minimum absolute atomic E-state index is 0.553. The molecule has 0 aromatic carbocycles. The fraction of sp³-hybridized carbons (Fsp3) is 0.571. The van der Waals surface area contributed by atoms with E-state index in [1.54, 1.807) is 6.26 Å². The zero-order valence-corrected chi connectivity index (χ0v) is 6.62. The molecular weight excluding hydrogens is 146 g/mol. The van der Waals surface area contributed by atoms with Crippen molar-refractivity contribution in [1.29, 1.82) is 0 Å². The van der Waals surface area contributed by atoms with E-state index < -0.39 is 0 Å².